The summed E-state index contributed by atoms with van der Waals surface area (Å²) in [5, 5.41) is 23.1. The van der Waals surface area contributed by atoms with E-state index in [1.54, 1.807) is 26.0 Å². The maximum Gasteiger partial charge on any atom is 0.272 e. The molecule has 2 aromatic rings. The molecule has 2 N–H and O–H groups in total. The van der Waals surface area contributed by atoms with Gasteiger partial charge in [0, 0.05) is 23.9 Å². The largest absolute Gasteiger partial charge is 0.505 e. The second kappa shape index (κ2) is 5.78. The molecular weight excluding hydrogens is 275 g/mol. The Labute approximate surface area is 121 Å². The van der Waals surface area contributed by atoms with Gasteiger partial charge in [-0.3, -0.25) is 10.1 Å². The molecule has 0 aliphatic rings. The molecule has 0 saturated heterocycles. The zero-order chi connectivity index (χ0) is 15.6. The lowest BCUT2D eigenvalue weighted by atomic mass is 10.1. The number of halogens is 1. The minimum Gasteiger partial charge on any atom is -0.505 e. The zero-order valence-corrected chi connectivity index (χ0v) is 11.7. The maximum atomic E-state index is 13.2. The number of phenols is 1. The Bertz CT molecular complexity index is 702. The molecule has 0 radical (unpaired) electrons. The second-order valence-corrected chi connectivity index (χ2v) is 4.85. The Hall–Kier alpha value is -2.63. The SMILES string of the molecule is Cc1cc([N+](=O)[O-])c(C)cc1NCc1ccc(O)c(F)c1. The predicted molar refractivity (Wildman–Crippen MR) is 78.0 cm³/mol. The highest BCUT2D eigenvalue weighted by Gasteiger charge is 2.13. The monoisotopic (exact) mass is 290 g/mol. The number of nitro groups is 1. The van der Waals surface area contributed by atoms with Gasteiger partial charge in [-0.1, -0.05) is 6.07 Å². The third-order valence-corrected chi connectivity index (χ3v) is 3.23. The van der Waals surface area contributed by atoms with E-state index in [0.717, 1.165) is 11.3 Å². The summed E-state index contributed by atoms with van der Waals surface area (Å²) >= 11 is 0. The molecule has 0 unspecified atom stereocenters. The van der Waals surface area contributed by atoms with Crippen LogP contribution < -0.4 is 5.32 Å². The summed E-state index contributed by atoms with van der Waals surface area (Å²) in [4.78, 5) is 10.4. The Morgan fingerprint density at radius 1 is 1.24 bits per heavy atom. The molecule has 110 valence electrons. The molecule has 0 aromatic heterocycles. The van der Waals surface area contributed by atoms with Crippen LogP contribution in [0.1, 0.15) is 16.7 Å². The standard InChI is InChI=1S/C15H15FN2O3/c1-9-6-14(18(20)21)10(2)5-13(9)17-8-11-3-4-15(19)12(16)7-11/h3-7,17,19H,8H2,1-2H3. The number of hydrogen-bond acceptors (Lipinski definition) is 4. The van der Waals surface area contributed by atoms with Crippen LogP contribution in [-0.2, 0) is 6.54 Å². The van der Waals surface area contributed by atoms with Crippen LogP contribution in [0.4, 0.5) is 15.8 Å². The summed E-state index contributed by atoms with van der Waals surface area (Å²) in [6.07, 6.45) is 0. The molecule has 0 amide bonds. The first kappa shape index (κ1) is 14.8. The van der Waals surface area contributed by atoms with Gasteiger partial charge in [-0.15, -0.1) is 0 Å². The molecule has 0 spiro atoms. The lowest BCUT2D eigenvalue weighted by Crippen LogP contribution is -2.03. The van der Waals surface area contributed by atoms with E-state index in [9.17, 15) is 14.5 Å². The van der Waals surface area contributed by atoms with Crippen LogP contribution >= 0.6 is 0 Å². The van der Waals surface area contributed by atoms with E-state index in [-0.39, 0.29) is 11.4 Å². The van der Waals surface area contributed by atoms with Gasteiger partial charge in [0.25, 0.3) is 5.69 Å². The average Bonchev–Trinajstić information content (AvgIpc) is 2.42. The fourth-order valence-corrected chi connectivity index (χ4v) is 2.05. The third kappa shape index (κ3) is 3.28. The fourth-order valence-electron chi connectivity index (χ4n) is 2.05. The number of hydrogen-bond donors (Lipinski definition) is 2. The van der Waals surface area contributed by atoms with Crippen molar-refractivity contribution in [3.8, 4) is 5.75 Å². The molecular formula is C15H15FN2O3. The molecule has 5 nitrogen and oxygen atoms in total. The fraction of sp³-hybridized carbons (Fsp3) is 0.200. The molecule has 21 heavy (non-hydrogen) atoms. The molecule has 2 aromatic carbocycles. The van der Waals surface area contributed by atoms with Crippen molar-refractivity contribution in [1.82, 2.24) is 0 Å². The van der Waals surface area contributed by atoms with E-state index in [2.05, 4.69) is 5.32 Å². The minimum absolute atomic E-state index is 0.0775. The summed E-state index contributed by atoms with van der Waals surface area (Å²) in [5.74, 6) is -1.06. The molecule has 2 rings (SSSR count). The van der Waals surface area contributed by atoms with Gasteiger partial charge in [0.15, 0.2) is 11.6 Å². The van der Waals surface area contributed by atoms with Crippen LogP contribution in [-0.4, -0.2) is 10.0 Å². The molecule has 0 fully saturated rings. The van der Waals surface area contributed by atoms with Crippen LogP contribution in [0.3, 0.4) is 0 Å². The van der Waals surface area contributed by atoms with E-state index in [4.69, 9.17) is 5.11 Å². The summed E-state index contributed by atoms with van der Waals surface area (Å²) < 4.78 is 13.2. The number of anilines is 1. The number of phenolic OH excluding ortho intramolecular Hbond substituents is 1. The first-order valence-corrected chi connectivity index (χ1v) is 6.35. The first-order valence-electron chi connectivity index (χ1n) is 6.35. The average molecular weight is 290 g/mol. The van der Waals surface area contributed by atoms with Crippen LogP contribution in [0.5, 0.6) is 5.75 Å². The van der Waals surface area contributed by atoms with Crippen molar-refractivity contribution in [3.05, 3.63) is 63.0 Å². The van der Waals surface area contributed by atoms with Crippen molar-refractivity contribution >= 4 is 11.4 Å². The van der Waals surface area contributed by atoms with E-state index in [0.29, 0.717) is 17.7 Å². The topological polar surface area (TPSA) is 75.4 Å². The number of nitrogens with zero attached hydrogens (tertiary/aromatic N) is 1. The van der Waals surface area contributed by atoms with Crippen molar-refractivity contribution in [2.75, 3.05) is 5.32 Å². The van der Waals surface area contributed by atoms with Crippen molar-refractivity contribution in [2.24, 2.45) is 0 Å². The number of aryl methyl sites for hydroxylation is 2. The highest BCUT2D eigenvalue weighted by molar-refractivity contribution is 5.59. The van der Waals surface area contributed by atoms with E-state index in [1.165, 1.54) is 18.2 Å². The van der Waals surface area contributed by atoms with Gasteiger partial charge in [-0.2, -0.15) is 0 Å². The van der Waals surface area contributed by atoms with Crippen LogP contribution in [0.15, 0.2) is 30.3 Å². The Morgan fingerprint density at radius 3 is 2.57 bits per heavy atom. The summed E-state index contributed by atoms with van der Waals surface area (Å²) in [5.41, 5.74) is 2.80. The van der Waals surface area contributed by atoms with Crippen molar-refractivity contribution in [3.63, 3.8) is 0 Å². The normalized spacial score (nSPS) is 10.4. The Balaban J connectivity index is 2.18. The lowest BCUT2D eigenvalue weighted by molar-refractivity contribution is -0.385. The third-order valence-electron chi connectivity index (χ3n) is 3.23. The quantitative estimate of drug-likeness (QED) is 0.665. The van der Waals surface area contributed by atoms with E-state index >= 15 is 0 Å². The molecule has 0 saturated carbocycles. The molecule has 6 heteroatoms. The molecule has 0 atom stereocenters. The first-order chi connectivity index (χ1) is 9.88. The number of rotatable bonds is 4. The van der Waals surface area contributed by atoms with Gasteiger partial charge in [0.2, 0.25) is 0 Å². The minimum atomic E-state index is -0.675. The number of aromatic hydroxyl groups is 1. The molecule has 0 bridgehead atoms. The van der Waals surface area contributed by atoms with E-state index < -0.39 is 10.7 Å². The van der Waals surface area contributed by atoms with Gasteiger partial charge in [-0.05, 0) is 43.2 Å². The lowest BCUT2D eigenvalue weighted by Gasteiger charge is -2.11. The van der Waals surface area contributed by atoms with Gasteiger partial charge >= 0.3 is 0 Å². The molecule has 0 aliphatic carbocycles. The van der Waals surface area contributed by atoms with Crippen LogP contribution in [0.25, 0.3) is 0 Å². The van der Waals surface area contributed by atoms with Crippen LogP contribution in [0, 0.1) is 29.8 Å². The predicted octanol–water partition coefficient (Wildman–Crippen LogP) is 3.67. The Kier molecular flexibility index (Phi) is 4.07. The number of nitrogens with one attached hydrogen (secondary N) is 1. The smallest absolute Gasteiger partial charge is 0.272 e. The second-order valence-electron chi connectivity index (χ2n) is 4.85. The number of benzene rings is 2. The van der Waals surface area contributed by atoms with Crippen molar-refractivity contribution in [1.29, 1.82) is 0 Å². The van der Waals surface area contributed by atoms with E-state index in [1.807, 2.05) is 0 Å². The highest BCUT2D eigenvalue weighted by Crippen LogP contribution is 2.26. The maximum absolute atomic E-state index is 13.2. The van der Waals surface area contributed by atoms with Gasteiger partial charge in [-0.25, -0.2) is 4.39 Å². The number of nitro benzene ring substituents is 1. The van der Waals surface area contributed by atoms with Gasteiger partial charge in [0.05, 0.1) is 4.92 Å². The van der Waals surface area contributed by atoms with Crippen molar-refractivity contribution < 1.29 is 14.4 Å². The highest BCUT2D eigenvalue weighted by atomic mass is 19.1. The van der Waals surface area contributed by atoms with Gasteiger partial charge in [0.1, 0.15) is 0 Å². The zero-order valence-electron chi connectivity index (χ0n) is 11.7. The van der Waals surface area contributed by atoms with Gasteiger partial charge < -0.3 is 10.4 Å². The summed E-state index contributed by atoms with van der Waals surface area (Å²) in [6.45, 7) is 3.80. The summed E-state index contributed by atoms with van der Waals surface area (Å²) in [6, 6.07) is 7.36. The van der Waals surface area contributed by atoms with Crippen LogP contribution in [0.2, 0.25) is 0 Å². The van der Waals surface area contributed by atoms with Crippen molar-refractivity contribution in [2.45, 2.75) is 20.4 Å². The summed E-state index contributed by atoms with van der Waals surface area (Å²) in [7, 11) is 0. The molecule has 0 heterocycles. The molecule has 0 aliphatic heterocycles. The Morgan fingerprint density at radius 2 is 1.95 bits per heavy atom.